The molecule has 0 spiro atoms. The number of nitrogens with zero attached hydrogens (tertiary/aromatic N) is 1. The Balaban J connectivity index is 2.46. The molecule has 0 unspecified atom stereocenters. The van der Waals surface area contributed by atoms with E-state index in [9.17, 15) is 0 Å². The van der Waals surface area contributed by atoms with Crippen molar-refractivity contribution in [1.82, 2.24) is 16.0 Å². The number of ether oxygens (including phenoxy) is 2. The summed E-state index contributed by atoms with van der Waals surface area (Å²) in [5.41, 5.74) is 1.22. The molecule has 0 aliphatic rings. The molecule has 0 aromatic heterocycles. The van der Waals surface area contributed by atoms with Crippen LogP contribution in [0.1, 0.15) is 26.3 Å². The number of rotatable bonds is 7. The van der Waals surface area contributed by atoms with Gasteiger partial charge in [0.1, 0.15) is 0 Å². The first-order chi connectivity index (χ1) is 10.9. The fraction of sp³-hybridized carbons (Fsp3) is 0.588. The van der Waals surface area contributed by atoms with Crippen LogP contribution >= 0.6 is 0 Å². The second kappa shape index (κ2) is 9.25. The summed E-state index contributed by atoms with van der Waals surface area (Å²) in [6, 6.07) is 5.86. The maximum absolute atomic E-state index is 5.31. The van der Waals surface area contributed by atoms with Crippen LogP contribution in [0, 0.1) is 0 Å². The highest BCUT2D eigenvalue weighted by Gasteiger charge is 2.08. The van der Waals surface area contributed by atoms with E-state index in [2.05, 4.69) is 41.7 Å². The van der Waals surface area contributed by atoms with Crippen molar-refractivity contribution < 1.29 is 9.47 Å². The van der Waals surface area contributed by atoms with Crippen molar-refractivity contribution in [1.29, 1.82) is 0 Å². The van der Waals surface area contributed by atoms with Crippen LogP contribution in [0.5, 0.6) is 11.5 Å². The van der Waals surface area contributed by atoms with Gasteiger partial charge in [0.05, 0.1) is 14.2 Å². The molecular formula is C17H30N4O2. The predicted octanol–water partition coefficient (Wildman–Crippen LogP) is 1.76. The molecule has 0 aliphatic carbocycles. The lowest BCUT2D eigenvalue weighted by Gasteiger charge is -2.21. The standard InChI is InChI=1S/C17H30N4O2/c1-17(2,3)21-10-9-19-16(18-4)20-12-13-7-8-14(22-5)15(11-13)23-6/h7-8,11,21H,9-10,12H2,1-6H3,(H2,18,19,20). The third-order valence-corrected chi connectivity index (χ3v) is 3.20. The highest BCUT2D eigenvalue weighted by Crippen LogP contribution is 2.27. The normalized spacial score (nSPS) is 12.0. The van der Waals surface area contributed by atoms with E-state index in [-0.39, 0.29) is 5.54 Å². The molecule has 1 aromatic carbocycles. The van der Waals surface area contributed by atoms with Gasteiger partial charge in [-0.3, -0.25) is 4.99 Å². The van der Waals surface area contributed by atoms with Crippen molar-refractivity contribution in [3.63, 3.8) is 0 Å². The van der Waals surface area contributed by atoms with E-state index in [1.807, 2.05) is 18.2 Å². The average molecular weight is 322 g/mol. The van der Waals surface area contributed by atoms with Crippen molar-refractivity contribution in [2.75, 3.05) is 34.4 Å². The van der Waals surface area contributed by atoms with Crippen LogP contribution in [-0.4, -0.2) is 45.9 Å². The molecule has 0 saturated carbocycles. The maximum Gasteiger partial charge on any atom is 0.191 e. The predicted molar refractivity (Wildman–Crippen MR) is 95.5 cm³/mol. The molecule has 0 fully saturated rings. The van der Waals surface area contributed by atoms with Crippen molar-refractivity contribution in [3.05, 3.63) is 23.8 Å². The number of aliphatic imine (C=N–C) groups is 1. The van der Waals surface area contributed by atoms with E-state index >= 15 is 0 Å². The summed E-state index contributed by atoms with van der Waals surface area (Å²) < 4.78 is 10.6. The molecule has 0 aliphatic heterocycles. The Bertz CT molecular complexity index is 510. The zero-order chi connectivity index (χ0) is 17.3. The average Bonchev–Trinajstić information content (AvgIpc) is 2.52. The summed E-state index contributed by atoms with van der Waals surface area (Å²) in [6.45, 7) is 8.79. The van der Waals surface area contributed by atoms with E-state index in [1.165, 1.54) is 0 Å². The highest BCUT2D eigenvalue weighted by molar-refractivity contribution is 5.79. The van der Waals surface area contributed by atoms with Crippen LogP contribution in [-0.2, 0) is 6.54 Å². The fourth-order valence-corrected chi connectivity index (χ4v) is 2.02. The Morgan fingerprint density at radius 1 is 1.04 bits per heavy atom. The minimum atomic E-state index is 0.123. The van der Waals surface area contributed by atoms with Crippen LogP contribution in [0.3, 0.4) is 0 Å². The minimum absolute atomic E-state index is 0.123. The first-order valence-electron chi connectivity index (χ1n) is 7.80. The van der Waals surface area contributed by atoms with Gasteiger partial charge in [-0.05, 0) is 38.5 Å². The number of benzene rings is 1. The third kappa shape index (κ3) is 7.23. The molecule has 130 valence electrons. The van der Waals surface area contributed by atoms with Gasteiger partial charge in [0.2, 0.25) is 0 Å². The van der Waals surface area contributed by atoms with Gasteiger partial charge in [-0.2, -0.15) is 0 Å². The van der Waals surface area contributed by atoms with E-state index in [0.717, 1.165) is 36.1 Å². The summed E-state index contributed by atoms with van der Waals surface area (Å²) >= 11 is 0. The molecule has 23 heavy (non-hydrogen) atoms. The monoisotopic (exact) mass is 322 g/mol. The topological polar surface area (TPSA) is 66.9 Å². The number of nitrogens with one attached hydrogen (secondary N) is 3. The van der Waals surface area contributed by atoms with Crippen molar-refractivity contribution in [2.45, 2.75) is 32.9 Å². The van der Waals surface area contributed by atoms with Gasteiger partial charge >= 0.3 is 0 Å². The second-order valence-corrected chi connectivity index (χ2v) is 6.22. The molecule has 0 heterocycles. The lowest BCUT2D eigenvalue weighted by atomic mass is 10.1. The largest absolute Gasteiger partial charge is 0.493 e. The lowest BCUT2D eigenvalue weighted by molar-refractivity contribution is 0.354. The molecule has 0 atom stereocenters. The Morgan fingerprint density at radius 3 is 2.30 bits per heavy atom. The zero-order valence-corrected chi connectivity index (χ0v) is 15.1. The lowest BCUT2D eigenvalue weighted by Crippen LogP contribution is -2.44. The summed E-state index contributed by atoms with van der Waals surface area (Å²) in [4.78, 5) is 4.22. The number of hydrogen-bond acceptors (Lipinski definition) is 4. The van der Waals surface area contributed by atoms with Crippen LogP contribution in [0.25, 0.3) is 0 Å². The summed E-state index contributed by atoms with van der Waals surface area (Å²) in [6.07, 6.45) is 0. The smallest absolute Gasteiger partial charge is 0.191 e. The minimum Gasteiger partial charge on any atom is -0.493 e. The Kier molecular flexibility index (Phi) is 7.68. The molecule has 0 radical (unpaired) electrons. The number of guanidine groups is 1. The summed E-state index contributed by atoms with van der Waals surface area (Å²) in [7, 11) is 5.03. The Hall–Kier alpha value is -1.95. The van der Waals surface area contributed by atoms with Crippen LogP contribution in [0.4, 0.5) is 0 Å². The molecule has 0 amide bonds. The second-order valence-electron chi connectivity index (χ2n) is 6.22. The van der Waals surface area contributed by atoms with Crippen molar-refractivity contribution >= 4 is 5.96 Å². The molecule has 6 heteroatoms. The van der Waals surface area contributed by atoms with Crippen LogP contribution in [0.2, 0.25) is 0 Å². The SMILES string of the molecule is CN=C(NCCNC(C)(C)C)NCc1ccc(OC)c(OC)c1. The molecule has 3 N–H and O–H groups in total. The maximum atomic E-state index is 5.31. The first kappa shape index (κ1) is 19.1. The van der Waals surface area contributed by atoms with Crippen molar-refractivity contribution in [2.24, 2.45) is 4.99 Å². The molecule has 1 rings (SSSR count). The van der Waals surface area contributed by atoms with E-state index < -0.39 is 0 Å². The van der Waals surface area contributed by atoms with Gasteiger partial charge in [0, 0.05) is 32.2 Å². The van der Waals surface area contributed by atoms with Gasteiger partial charge in [0.25, 0.3) is 0 Å². The first-order valence-corrected chi connectivity index (χ1v) is 7.80. The van der Waals surface area contributed by atoms with Crippen LogP contribution < -0.4 is 25.4 Å². The summed E-state index contributed by atoms with van der Waals surface area (Å²) in [5, 5.41) is 10.00. The zero-order valence-electron chi connectivity index (χ0n) is 15.1. The van der Waals surface area contributed by atoms with Crippen molar-refractivity contribution in [3.8, 4) is 11.5 Å². The Morgan fingerprint density at radius 2 is 1.74 bits per heavy atom. The summed E-state index contributed by atoms with van der Waals surface area (Å²) in [5.74, 6) is 2.23. The molecule has 1 aromatic rings. The van der Waals surface area contributed by atoms with Gasteiger partial charge in [0.15, 0.2) is 17.5 Å². The third-order valence-electron chi connectivity index (χ3n) is 3.20. The van der Waals surface area contributed by atoms with Gasteiger partial charge < -0.3 is 25.4 Å². The van der Waals surface area contributed by atoms with E-state index in [0.29, 0.717) is 6.54 Å². The molecule has 6 nitrogen and oxygen atoms in total. The van der Waals surface area contributed by atoms with Gasteiger partial charge in [-0.1, -0.05) is 6.07 Å². The van der Waals surface area contributed by atoms with Crippen LogP contribution in [0.15, 0.2) is 23.2 Å². The number of hydrogen-bond donors (Lipinski definition) is 3. The molecule has 0 saturated heterocycles. The highest BCUT2D eigenvalue weighted by atomic mass is 16.5. The van der Waals surface area contributed by atoms with Gasteiger partial charge in [-0.15, -0.1) is 0 Å². The Labute approximate surface area is 139 Å². The van der Waals surface area contributed by atoms with E-state index in [1.54, 1.807) is 21.3 Å². The fourth-order valence-electron chi connectivity index (χ4n) is 2.02. The van der Waals surface area contributed by atoms with E-state index in [4.69, 9.17) is 9.47 Å². The molecule has 0 bridgehead atoms. The van der Waals surface area contributed by atoms with Gasteiger partial charge in [-0.25, -0.2) is 0 Å². The quantitative estimate of drug-likeness (QED) is 0.405. The number of methoxy groups -OCH3 is 2. The molecular weight excluding hydrogens is 292 g/mol.